The van der Waals surface area contributed by atoms with E-state index in [1.165, 1.54) is 12.1 Å². The first kappa shape index (κ1) is 13.3. The van der Waals surface area contributed by atoms with Gasteiger partial charge in [0.25, 0.3) is 5.56 Å². The molecule has 1 amide bonds. The molecule has 3 atom stereocenters. The fourth-order valence-electron chi connectivity index (χ4n) is 2.49. The number of carbonyl (C=O) groups is 2. The summed E-state index contributed by atoms with van der Waals surface area (Å²) in [6, 6.07) is 2.62. The number of nitrogens with one attached hydrogen (secondary N) is 2. The summed E-state index contributed by atoms with van der Waals surface area (Å²) in [6.45, 7) is 1.93. The van der Waals surface area contributed by atoms with Crippen LogP contribution in [0.5, 0.6) is 0 Å². The molecule has 1 aliphatic rings. The number of aromatic nitrogens is 2. The van der Waals surface area contributed by atoms with E-state index in [-0.39, 0.29) is 23.2 Å². The summed E-state index contributed by atoms with van der Waals surface area (Å²) in [7, 11) is 0. The highest BCUT2D eigenvalue weighted by molar-refractivity contribution is 5.94. The van der Waals surface area contributed by atoms with Crippen LogP contribution in [0.25, 0.3) is 0 Å². The van der Waals surface area contributed by atoms with Crippen molar-refractivity contribution in [1.29, 1.82) is 0 Å². The zero-order valence-electron chi connectivity index (χ0n) is 10.4. The minimum atomic E-state index is -0.945. The van der Waals surface area contributed by atoms with Gasteiger partial charge in [0.05, 0.1) is 11.8 Å². The zero-order valence-corrected chi connectivity index (χ0v) is 10.4. The number of amides is 1. The highest BCUT2D eigenvalue weighted by Gasteiger charge is 2.41. The summed E-state index contributed by atoms with van der Waals surface area (Å²) >= 11 is 0. The third kappa shape index (κ3) is 2.98. The Labute approximate surface area is 109 Å². The molecule has 0 radical (unpaired) electrons. The van der Waals surface area contributed by atoms with E-state index >= 15 is 0 Å². The maximum atomic E-state index is 12.1. The van der Waals surface area contributed by atoms with Crippen LogP contribution in [0.2, 0.25) is 0 Å². The molecule has 7 heteroatoms. The molecule has 3 unspecified atom stereocenters. The van der Waals surface area contributed by atoms with Crippen LogP contribution < -0.4 is 10.9 Å². The number of aliphatic carboxylic acids is 1. The number of hydrogen-bond donors (Lipinski definition) is 3. The summed E-state index contributed by atoms with van der Waals surface area (Å²) in [4.78, 5) is 34.0. The van der Waals surface area contributed by atoms with Crippen LogP contribution in [0.1, 0.15) is 19.8 Å². The van der Waals surface area contributed by atoms with Crippen molar-refractivity contribution >= 4 is 17.7 Å². The van der Waals surface area contributed by atoms with Gasteiger partial charge >= 0.3 is 5.97 Å². The molecule has 2 rings (SSSR count). The van der Waals surface area contributed by atoms with E-state index in [4.69, 9.17) is 5.11 Å². The summed E-state index contributed by atoms with van der Waals surface area (Å²) in [5.41, 5.74) is -0.365. The number of rotatable bonds is 3. The van der Waals surface area contributed by atoms with Gasteiger partial charge < -0.3 is 10.4 Å². The van der Waals surface area contributed by atoms with Crippen LogP contribution in [-0.2, 0) is 9.59 Å². The number of carbonyl (C=O) groups excluding carboxylic acids is 1. The number of H-pyrrole nitrogens is 1. The second-order valence-electron chi connectivity index (χ2n) is 4.92. The number of anilines is 1. The molecule has 1 aromatic heterocycles. The molecule has 1 saturated carbocycles. The van der Waals surface area contributed by atoms with Gasteiger partial charge in [-0.15, -0.1) is 0 Å². The van der Waals surface area contributed by atoms with Crippen molar-refractivity contribution in [3.05, 3.63) is 22.5 Å². The van der Waals surface area contributed by atoms with Gasteiger partial charge in [-0.1, -0.05) is 6.92 Å². The van der Waals surface area contributed by atoms with E-state index in [0.717, 1.165) is 0 Å². The number of carboxylic acid groups (broad SMARTS) is 1. The van der Waals surface area contributed by atoms with Crippen molar-refractivity contribution in [3.8, 4) is 0 Å². The van der Waals surface area contributed by atoms with Gasteiger partial charge in [-0.05, 0) is 24.8 Å². The Morgan fingerprint density at radius 2 is 2.05 bits per heavy atom. The highest BCUT2D eigenvalue weighted by Crippen LogP contribution is 2.36. The molecule has 1 heterocycles. The number of carboxylic acids is 1. The van der Waals surface area contributed by atoms with Gasteiger partial charge in [-0.25, -0.2) is 5.10 Å². The van der Waals surface area contributed by atoms with Gasteiger partial charge in [0.1, 0.15) is 0 Å². The quantitative estimate of drug-likeness (QED) is 0.734. The molecule has 0 spiro atoms. The van der Waals surface area contributed by atoms with Crippen molar-refractivity contribution < 1.29 is 14.7 Å². The summed E-state index contributed by atoms with van der Waals surface area (Å²) < 4.78 is 0. The predicted molar refractivity (Wildman–Crippen MR) is 66.5 cm³/mol. The van der Waals surface area contributed by atoms with Crippen LogP contribution in [0, 0.1) is 17.8 Å². The summed E-state index contributed by atoms with van der Waals surface area (Å²) in [6.07, 6.45) is 1.05. The lowest BCUT2D eigenvalue weighted by atomic mass is 9.95. The van der Waals surface area contributed by atoms with Gasteiger partial charge in [0, 0.05) is 6.07 Å². The molecular weight excluding hydrogens is 250 g/mol. The van der Waals surface area contributed by atoms with Crippen LogP contribution in [0.15, 0.2) is 16.9 Å². The number of hydrogen-bond acceptors (Lipinski definition) is 4. The van der Waals surface area contributed by atoms with E-state index in [1.54, 1.807) is 0 Å². The standard InChI is InChI=1S/C12H15N3O4/c1-6-4-7(8(5-6)12(18)19)11(17)13-9-2-3-10(16)15-14-9/h2-3,6-8H,4-5H2,1H3,(H,15,16)(H,18,19)(H,13,14,17). The molecule has 0 aliphatic heterocycles. The third-order valence-electron chi connectivity index (χ3n) is 3.38. The van der Waals surface area contributed by atoms with Crippen molar-refractivity contribution in [3.63, 3.8) is 0 Å². The van der Waals surface area contributed by atoms with Gasteiger partial charge in [0.15, 0.2) is 5.82 Å². The average molecular weight is 265 g/mol. The molecule has 7 nitrogen and oxygen atoms in total. The molecule has 1 aliphatic carbocycles. The SMILES string of the molecule is CC1CC(C(=O)O)C(C(=O)Nc2ccc(=O)[nH]n2)C1. The van der Waals surface area contributed by atoms with Crippen molar-refractivity contribution in [2.24, 2.45) is 17.8 Å². The molecule has 1 aromatic rings. The smallest absolute Gasteiger partial charge is 0.307 e. The van der Waals surface area contributed by atoms with Crippen LogP contribution >= 0.6 is 0 Å². The molecule has 0 saturated heterocycles. The first-order chi connectivity index (χ1) is 8.97. The zero-order chi connectivity index (χ0) is 14.0. The molecule has 102 valence electrons. The van der Waals surface area contributed by atoms with E-state index in [9.17, 15) is 14.4 Å². The maximum Gasteiger partial charge on any atom is 0.307 e. The lowest BCUT2D eigenvalue weighted by molar-refractivity contribution is -0.145. The Balaban J connectivity index is 2.08. The minimum Gasteiger partial charge on any atom is -0.481 e. The Kier molecular flexibility index (Phi) is 3.64. The molecule has 0 aromatic carbocycles. The lowest BCUT2D eigenvalue weighted by Crippen LogP contribution is -2.30. The van der Waals surface area contributed by atoms with Crippen molar-refractivity contribution in [2.75, 3.05) is 5.32 Å². The first-order valence-electron chi connectivity index (χ1n) is 6.06. The van der Waals surface area contributed by atoms with E-state index in [0.29, 0.717) is 12.8 Å². The third-order valence-corrected chi connectivity index (χ3v) is 3.38. The Hall–Kier alpha value is -2.18. The normalized spacial score (nSPS) is 26.1. The molecular formula is C12H15N3O4. The Bertz CT molecular complexity index is 534. The fraction of sp³-hybridized carbons (Fsp3) is 0.500. The van der Waals surface area contributed by atoms with Crippen LogP contribution in [0.3, 0.4) is 0 Å². The number of nitrogens with zero attached hydrogens (tertiary/aromatic N) is 1. The van der Waals surface area contributed by atoms with E-state index in [1.807, 2.05) is 6.92 Å². The van der Waals surface area contributed by atoms with Gasteiger partial charge in [-0.3, -0.25) is 14.4 Å². The van der Waals surface area contributed by atoms with Crippen LogP contribution in [-0.4, -0.2) is 27.2 Å². The second-order valence-corrected chi connectivity index (χ2v) is 4.92. The Morgan fingerprint density at radius 3 is 2.63 bits per heavy atom. The Morgan fingerprint density at radius 1 is 1.37 bits per heavy atom. The van der Waals surface area contributed by atoms with Crippen molar-refractivity contribution in [2.45, 2.75) is 19.8 Å². The average Bonchev–Trinajstić information content (AvgIpc) is 2.74. The van der Waals surface area contributed by atoms with Crippen molar-refractivity contribution in [1.82, 2.24) is 10.2 Å². The van der Waals surface area contributed by atoms with Gasteiger partial charge in [-0.2, -0.15) is 5.10 Å². The second kappa shape index (κ2) is 5.21. The van der Waals surface area contributed by atoms with E-state index in [2.05, 4.69) is 15.5 Å². The summed E-state index contributed by atoms with van der Waals surface area (Å²) in [5, 5.41) is 17.5. The topological polar surface area (TPSA) is 112 Å². The first-order valence-corrected chi connectivity index (χ1v) is 6.06. The monoisotopic (exact) mass is 265 g/mol. The lowest BCUT2D eigenvalue weighted by Gasteiger charge is -2.14. The highest BCUT2D eigenvalue weighted by atomic mass is 16.4. The summed E-state index contributed by atoms with van der Waals surface area (Å²) in [5.74, 6) is -2.09. The largest absolute Gasteiger partial charge is 0.481 e. The molecule has 3 N–H and O–H groups in total. The molecule has 0 bridgehead atoms. The van der Waals surface area contributed by atoms with Crippen LogP contribution in [0.4, 0.5) is 5.82 Å². The fourth-order valence-corrected chi connectivity index (χ4v) is 2.49. The minimum absolute atomic E-state index is 0.209. The number of aromatic amines is 1. The molecule has 1 fully saturated rings. The maximum absolute atomic E-state index is 12.1. The van der Waals surface area contributed by atoms with Gasteiger partial charge in [0.2, 0.25) is 5.91 Å². The van der Waals surface area contributed by atoms with E-state index < -0.39 is 17.8 Å². The predicted octanol–water partition coefficient (Wildman–Crippen LogP) is 0.455. The molecule has 19 heavy (non-hydrogen) atoms.